The number of hydrazone groups is 1. The molecule has 0 amide bonds. The maximum atomic E-state index is 11.1. The van der Waals surface area contributed by atoms with Crippen LogP contribution in [0.1, 0.15) is 29.5 Å². The van der Waals surface area contributed by atoms with Gasteiger partial charge < -0.3 is 14.0 Å². The summed E-state index contributed by atoms with van der Waals surface area (Å²) in [7, 11) is 0. The molecule has 10 heteroatoms. The van der Waals surface area contributed by atoms with Crippen molar-refractivity contribution in [1.82, 2.24) is 10.1 Å². The van der Waals surface area contributed by atoms with Gasteiger partial charge in [-0.15, -0.1) is 0 Å². The van der Waals surface area contributed by atoms with E-state index in [1.807, 2.05) is 19.1 Å². The van der Waals surface area contributed by atoms with E-state index >= 15 is 0 Å². The zero-order valence-corrected chi connectivity index (χ0v) is 16.2. The van der Waals surface area contributed by atoms with Gasteiger partial charge in [0, 0.05) is 30.2 Å². The Morgan fingerprint density at radius 2 is 1.90 bits per heavy atom. The van der Waals surface area contributed by atoms with Crippen LogP contribution in [0.3, 0.4) is 0 Å². The van der Waals surface area contributed by atoms with E-state index < -0.39 is 4.92 Å². The van der Waals surface area contributed by atoms with Gasteiger partial charge in [-0.2, -0.15) is 10.1 Å². The highest BCUT2D eigenvalue weighted by Crippen LogP contribution is 2.38. The molecule has 1 unspecified atom stereocenters. The van der Waals surface area contributed by atoms with Crippen LogP contribution in [0.5, 0.6) is 11.5 Å². The molecule has 1 aromatic heterocycles. The van der Waals surface area contributed by atoms with Gasteiger partial charge in [0.1, 0.15) is 0 Å². The van der Waals surface area contributed by atoms with Gasteiger partial charge in [-0.05, 0) is 48.3 Å². The van der Waals surface area contributed by atoms with Crippen LogP contribution < -0.4 is 14.5 Å². The number of nitrogens with zero attached hydrogens (tertiary/aromatic N) is 5. The lowest BCUT2D eigenvalue weighted by Gasteiger charge is -2.21. The van der Waals surface area contributed by atoms with E-state index in [1.54, 1.807) is 24.1 Å². The van der Waals surface area contributed by atoms with E-state index in [9.17, 15) is 10.1 Å². The minimum atomic E-state index is -0.429. The van der Waals surface area contributed by atoms with Crippen LogP contribution in [0.15, 0.2) is 46.0 Å². The first-order valence-electron chi connectivity index (χ1n) is 9.35. The smallest absolute Gasteiger partial charge is 0.286 e. The first kappa shape index (κ1) is 18.1. The topological polar surface area (TPSA) is 116 Å². The summed E-state index contributed by atoms with van der Waals surface area (Å²) in [6.45, 7) is 3.91. The van der Waals surface area contributed by atoms with Crippen LogP contribution in [0, 0.1) is 17.0 Å². The highest BCUT2D eigenvalue weighted by molar-refractivity contribution is 6.14. The van der Waals surface area contributed by atoms with E-state index in [0.717, 1.165) is 16.7 Å². The Morgan fingerprint density at radius 1 is 1.17 bits per heavy atom. The molecule has 0 spiro atoms. The fourth-order valence-electron chi connectivity index (χ4n) is 3.62. The van der Waals surface area contributed by atoms with Crippen molar-refractivity contribution < 1.29 is 18.9 Å². The van der Waals surface area contributed by atoms with Gasteiger partial charge in [0.15, 0.2) is 11.5 Å². The summed E-state index contributed by atoms with van der Waals surface area (Å²) < 4.78 is 16.3. The number of anilines is 1. The summed E-state index contributed by atoms with van der Waals surface area (Å²) in [5.74, 6) is 2.12. The molecule has 30 heavy (non-hydrogen) atoms. The van der Waals surface area contributed by atoms with E-state index in [4.69, 9.17) is 19.1 Å². The highest BCUT2D eigenvalue weighted by Gasteiger charge is 2.29. The van der Waals surface area contributed by atoms with Crippen molar-refractivity contribution in [3.8, 4) is 11.5 Å². The lowest BCUT2D eigenvalue weighted by molar-refractivity contribution is -0.384. The second kappa shape index (κ2) is 6.83. The predicted octanol–water partition coefficient (Wildman–Crippen LogP) is 3.22. The summed E-state index contributed by atoms with van der Waals surface area (Å²) in [6, 6.07) is 10.1. The minimum absolute atomic E-state index is 0.0119. The minimum Gasteiger partial charge on any atom is -0.454 e. The lowest BCUT2D eigenvalue weighted by Crippen LogP contribution is -2.30. The number of nitro groups is 1. The average molecular weight is 407 g/mol. The third-order valence-electron chi connectivity index (χ3n) is 5.07. The molecule has 2 aliphatic heterocycles. The van der Waals surface area contributed by atoms with Gasteiger partial charge in [-0.3, -0.25) is 10.1 Å². The van der Waals surface area contributed by atoms with Crippen molar-refractivity contribution in [1.29, 1.82) is 0 Å². The van der Waals surface area contributed by atoms with Crippen molar-refractivity contribution in [3.63, 3.8) is 0 Å². The maximum Gasteiger partial charge on any atom is 0.286 e. The quantitative estimate of drug-likeness (QED) is 0.480. The molecule has 0 bridgehead atoms. The van der Waals surface area contributed by atoms with Crippen molar-refractivity contribution in [2.24, 2.45) is 5.10 Å². The third kappa shape index (κ3) is 3.02. The lowest BCUT2D eigenvalue weighted by atomic mass is 9.94. The number of nitro benzene ring substituents is 1. The number of non-ortho nitro benzene ring substituents is 1. The number of hydrogen-bond donors (Lipinski definition) is 0. The van der Waals surface area contributed by atoms with Crippen molar-refractivity contribution in [2.45, 2.75) is 26.3 Å². The molecule has 3 heterocycles. The Labute approximate surface area is 170 Å². The first-order chi connectivity index (χ1) is 14.5. The zero-order chi connectivity index (χ0) is 20.8. The molecule has 0 saturated carbocycles. The Morgan fingerprint density at radius 3 is 2.57 bits per heavy atom. The predicted molar refractivity (Wildman–Crippen MR) is 106 cm³/mol. The van der Waals surface area contributed by atoms with Crippen LogP contribution in [0.4, 0.5) is 11.6 Å². The SMILES string of the molecule is Cc1nc(N2N=C(c3ccc([N+](=O)[O-])cc3)c3cc4c(cc3CC2C)OCO4)no1. The molecule has 0 saturated heterocycles. The molecule has 0 radical (unpaired) electrons. The van der Waals surface area contributed by atoms with Crippen LogP contribution >= 0.6 is 0 Å². The summed E-state index contributed by atoms with van der Waals surface area (Å²) in [5.41, 5.74) is 3.25. The van der Waals surface area contributed by atoms with Crippen molar-refractivity contribution in [2.75, 3.05) is 11.8 Å². The number of aromatic nitrogens is 2. The Kier molecular flexibility index (Phi) is 4.12. The van der Waals surface area contributed by atoms with Gasteiger partial charge in [0.05, 0.1) is 16.7 Å². The van der Waals surface area contributed by atoms with Gasteiger partial charge in [0.25, 0.3) is 11.6 Å². The molecular weight excluding hydrogens is 390 g/mol. The fourth-order valence-corrected chi connectivity index (χ4v) is 3.62. The van der Waals surface area contributed by atoms with E-state index in [-0.39, 0.29) is 18.5 Å². The summed E-state index contributed by atoms with van der Waals surface area (Å²) >= 11 is 0. The summed E-state index contributed by atoms with van der Waals surface area (Å²) in [5, 5.41) is 21.6. The Bertz CT molecular complexity index is 1170. The van der Waals surface area contributed by atoms with Gasteiger partial charge >= 0.3 is 0 Å². The molecule has 5 rings (SSSR count). The normalized spacial score (nSPS) is 17.3. The largest absolute Gasteiger partial charge is 0.454 e. The monoisotopic (exact) mass is 407 g/mol. The highest BCUT2D eigenvalue weighted by atomic mass is 16.7. The second-order valence-electron chi connectivity index (χ2n) is 7.13. The first-order valence-corrected chi connectivity index (χ1v) is 9.35. The van der Waals surface area contributed by atoms with Crippen LogP contribution in [-0.2, 0) is 6.42 Å². The Hall–Kier alpha value is -3.95. The van der Waals surface area contributed by atoms with Gasteiger partial charge in [-0.25, -0.2) is 5.01 Å². The molecule has 10 nitrogen and oxygen atoms in total. The molecule has 0 aliphatic carbocycles. The van der Waals surface area contributed by atoms with Crippen LogP contribution in [-0.4, -0.2) is 33.6 Å². The number of hydrogen-bond acceptors (Lipinski definition) is 9. The molecule has 152 valence electrons. The number of fused-ring (bicyclic) bond motifs is 2. The number of rotatable bonds is 3. The molecular formula is C20H17N5O5. The fraction of sp³-hybridized carbons (Fsp3) is 0.250. The number of benzene rings is 2. The Balaban J connectivity index is 1.68. The number of ether oxygens (including phenoxy) is 2. The molecule has 2 aromatic carbocycles. The molecule has 2 aliphatic rings. The summed E-state index contributed by atoms with van der Waals surface area (Å²) in [4.78, 5) is 15.0. The van der Waals surface area contributed by atoms with Crippen molar-refractivity contribution in [3.05, 3.63) is 69.1 Å². The van der Waals surface area contributed by atoms with Gasteiger partial charge in [0.2, 0.25) is 12.7 Å². The van der Waals surface area contributed by atoms with Crippen LogP contribution in [0.2, 0.25) is 0 Å². The second-order valence-corrected chi connectivity index (χ2v) is 7.13. The van der Waals surface area contributed by atoms with E-state index in [1.165, 1.54) is 12.1 Å². The molecule has 3 aromatic rings. The number of aryl methyl sites for hydroxylation is 1. The maximum absolute atomic E-state index is 11.1. The third-order valence-corrected chi connectivity index (χ3v) is 5.07. The average Bonchev–Trinajstić information content (AvgIpc) is 3.33. The van der Waals surface area contributed by atoms with E-state index in [0.29, 0.717) is 35.5 Å². The molecule has 0 N–H and O–H groups in total. The molecule has 1 atom stereocenters. The van der Waals surface area contributed by atoms with E-state index in [2.05, 4.69) is 10.1 Å². The van der Waals surface area contributed by atoms with Crippen molar-refractivity contribution >= 4 is 17.3 Å². The zero-order valence-electron chi connectivity index (χ0n) is 16.2. The standard InChI is InChI=1S/C20H17N5O5/c1-11-7-14-8-17-18(29-10-28-17)9-16(14)19(13-3-5-15(6-4-13)25(26)27)22-24(11)20-21-12(2)30-23-20/h3-6,8-9,11H,7,10H2,1-2H3. The summed E-state index contributed by atoms with van der Waals surface area (Å²) in [6.07, 6.45) is 0.652. The van der Waals surface area contributed by atoms with Crippen LogP contribution in [0.25, 0.3) is 0 Å². The van der Waals surface area contributed by atoms with Gasteiger partial charge in [-0.1, -0.05) is 0 Å². The molecule has 0 fully saturated rings.